The third-order valence-electron chi connectivity index (χ3n) is 8.67. The largest absolute Gasteiger partial charge is 0.462 e. The van der Waals surface area contributed by atoms with Crippen LogP contribution in [0.4, 0.5) is 15.9 Å². The van der Waals surface area contributed by atoms with Crippen molar-refractivity contribution in [1.82, 2.24) is 24.3 Å². The summed E-state index contributed by atoms with van der Waals surface area (Å²) < 4.78 is 23.5. The van der Waals surface area contributed by atoms with E-state index < -0.39 is 0 Å². The molecule has 0 spiro atoms. The minimum absolute atomic E-state index is 0.172. The molecule has 0 unspecified atom stereocenters. The summed E-state index contributed by atoms with van der Waals surface area (Å²) in [5, 5.41) is 10.5. The second-order valence-electron chi connectivity index (χ2n) is 11.5. The zero-order chi connectivity index (χ0) is 30.9. The topological polar surface area (TPSA) is 113 Å². The summed E-state index contributed by atoms with van der Waals surface area (Å²) in [5.41, 5.74) is 12.0. The van der Waals surface area contributed by atoms with E-state index in [0.29, 0.717) is 36.1 Å². The standard InChI is InChI=1S/C35H34FN7O2/c1-2-45-35(44)22-7-10-26(11-8-22)40-27-12-14-28(15-13-27)43-34-31(33(37)38-21-39-34)32(41-43)24-9-16-30-23(19-24)17-18-42(30)20-25-5-3-4-6-29(25)36/h3-11,16-19,21,27-28,40H,2,12-15,20H2,1H3,(H2,37,38,39). The van der Waals surface area contributed by atoms with Crippen LogP contribution in [0.3, 0.4) is 0 Å². The predicted molar refractivity (Wildman–Crippen MR) is 173 cm³/mol. The van der Waals surface area contributed by atoms with Crippen LogP contribution >= 0.6 is 0 Å². The molecule has 45 heavy (non-hydrogen) atoms. The SMILES string of the molecule is CCOC(=O)c1ccc(NC2CCC(n3nc(-c4ccc5c(ccn5Cc5ccccc5F)c4)c4c(N)ncnc43)CC2)cc1. The molecule has 10 heteroatoms. The molecule has 0 aliphatic heterocycles. The number of nitrogens with one attached hydrogen (secondary N) is 1. The second-order valence-corrected chi connectivity index (χ2v) is 11.5. The van der Waals surface area contributed by atoms with Gasteiger partial charge in [-0.25, -0.2) is 23.8 Å². The summed E-state index contributed by atoms with van der Waals surface area (Å²) in [6.45, 7) is 2.61. The molecule has 9 nitrogen and oxygen atoms in total. The van der Waals surface area contributed by atoms with Crippen LogP contribution in [0, 0.1) is 5.82 Å². The molecule has 3 aromatic carbocycles. The van der Waals surface area contributed by atoms with Crippen molar-refractivity contribution in [3.8, 4) is 11.3 Å². The van der Waals surface area contributed by atoms with E-state index in [1.54, 1.807) is 25.1 Å². The third-order valence-corrected chi connectivity index (χ3v) is 8.67. The van der Waals surface area contributed by atoms with Crippen molar-refractivity contribution in [2.24, 2.45) is 0 Å². The summed E-state index contributed by atoms with van der Waals surface area (Å²) in [4.78, 5) is 20.9. The Balaban J connectivity index is 1.11. The van der Waals surface area contributed by atoms with Gasteiger partial charge in [0.15, 0.2) is 5.65 Å². The molecule has 0 atom stereocenters. The Hall–Kier alpha value is -5.25. The first-order valence-corrected chi connectivity index (χ1v) is 15.3. The van der Waals surface area contributed by atoms with Gasteiger partial charge in [-0.05, 0) is 81.1 Å². The van der Waals surface area contributed by atoms with Crippen LogP contribution in [0.1, 0.15) is 54.6 Å². The molecule has 3 N–H and O–H groups in total. The highest BCUT2D eigenvalue weighted by molar-refractivity contribution is 6.00. The summed E-state index contributed by atoms with van der Waals surface area (Å²) in [7, 11) is 0. The van der Waals surface area contributed by atoms with Crippen molar-refractivity contribution in [1.29, 1.82) is 0 Å². The van der Waals surface area contributed by atoms with E-state index >= 15 is 0 Å². The number of anilines is 2. The molecule has 1 aliphatic carbocycles. The van der Waals surface area contributed by atoms with Crippen molar-refractivity contribution < 1.29 is 13.9 Å². The molecule has 0 saturated heterocycles. The number of carbonyl (C=O) groups is 1. The number of halogens is 1. The van der Waals surface area contributed by atoms with E-state index in [2.05, 4.69) is 21.4 Å². The molecule has 7 rings (SSSR count). The van der Waals surface area contributed by atoms with Crippen LogP contribution in [0.15, 0.2) is 85.3 Å². The lowest BCUT2D eigenvalue weighted by Crippen LogP contribution is -2.28. The molecule has 1 aliphatic rings. The Morgan fingerprint density at radius 2 is 1.82 bits per heavy atom. The van der Waals surface area contributed by atoms with Gasteiger partial charge in [0.2, 0.25) is 0 Å². The molecule has 3 heterocycles. The number of nitrogen functional groups attached to an aromatic ring is 1. The average Bonchev–Trinajstić information content (AvgIpc) is 3.65. The van der Waals surface area contributed by atoms with E-state index in [1.807, 2.05) is 57.9 Å². The van der Waals surface area contributed by atoms with Gasteiger partial charge in [0, 0.05) is 40.0 Å². The number of fused-ring (bicyclic) bond motifs is 2. The molecular weight excluding hydrogens is 569 g/mol. The molecule has 0 radical (unpaired) electrons. The van der Waals surface area contributed by atoms with Gasteiger partial charge in [-0.15, -0.1) is 0 Å². The number of esters is 1. The Morgan fingerprint density at radius 3 is 2.60 bits per heavy atom. The average molecular weight is 604 g/mol. The summed E-state index contributed by atoms with van der Waals surface area (Å²) in [5.74, 6) is -0.115. The number of hydrogen-bond donors (Lipinski definition) is 2. The molecule has 228 valence electrons. The van der Waals surface area contributed by atoms with Gasteiger partial charge in [0.1, 0.15) is 23.7 Å². The molecule has 3 aromatic heterocycles. The monoisotopic (exact) mass is 603 g/mol. The fourth-order valence-corrected chi connectivity index (χ4v) is 6.36. The predicted octanol–water partition coefficient (Wildman–Crippen LogP) is 6.99. The van der Waals surface area contributed by atoms with Crippen LogP contribution < -0.4 is 11.1 Å². The van der Waals surface area contributed by atoms with Gasteiger partial charge in [-0.2, -0.15) is 5.10 Å². The van der Waals surface area contributed by atoms with E-state index in [1.165, 1.54) is 12.4 Å². The van der Waals surface area contributed by atoms with Gasteiger partial charge in [-0.3, -0.25) is 0 Å². The third kappa shape index (κ3) is 5.59. The zero-order valence-corrected chi connectivity index (χ0v) is 25.0. The number of hydrogen-bond acceptors (Lipinski definition) is 7. The van der Waals surface area contributed by atoms with E-state index in [9.17, 15) is 9.18 Å². The number of nitrogens with two attached hydrogens (primary N) is 1. The Kier molecular flexibility index (Phi) is 7.62. The first-order chi connectivity index (χ1) is 22.0. The van der Waals surface area contributed by atoms with Gasteiger partial charge in [-0.1, -0.05) is 24.3 Å². The Bertz CT molecular complexity index is 1990. The maximum atomic E-state index is 14.3. The smallest absolute Gasteiger partial charge is 0.338 e. The normalized spacial score (nSPS) is 16.7. The molecule has 6 aromatic rings. The van der Waals surface area contributed by atoms with E-state index in [4.69, 9.17) is 15.6 Å². The zero-order valence-electron chi connectivity index (χ0n) is 25.0. The number of benzene rings is 3. The number of ether oxygens (including phenoxy) is 1. The van der Waals surface area contributed by atoms with Crippen molar-refractivity contribution in [3.63, 3.8) is 0 Å². The fourth-order valence-electron chi connectivity index (χ4n) is 6.36. The highest BCUT2D eigenvalue weighted by Crippen LogP contribution is 2.37. The molecule has 1 saturated carbocycles. The van der Waals surface area contributed by atoms with Crippen LogP contribution in [0.2, 0.25) is 0 Å². The van der Waals surface area contributed by atoms with Gasteiger partial charge >= 0.3 is 5.97 Å². The maximum Gasteiger partial charge on any atom is 0.338 e. The lowest BCUT2D eigenvalue weighted by molar-refractivity contribution is 0.0526. The first kappa shape index (κ1) is 28.5. The van der Waals surface area contributed by atoms with E-state index in [-0.39, 0.29) is 17.8 Å². The van der Waals surface area contributed by atoms with Crippen LogP contribution in [0.5, 0.6) is 0 Å². The Labute approximate surface area is 259 Å². The van der Waals surface area contributed by atoms with Crippen molar-refractivity contribution >= 4 is 39.4 Å². The summed E-state index contributed by atoms with van der Waals surface area (Å²) >= 11 is 0. The number of nitrogens with zero attached hydrogens (tertiary/aromatic N) is 5. The maximum absolute atomic E-state index is 14.3. The highest BCUT2D eigenvalue weighted by Gasteiger charge is 2.27. The molecule has 0 bridgehead atoms. The van der Waals surface area contributed by atoms with Crippen LogP contribution in [0.25, 0.3) is 33.2 Å². The second kappa shape index (κ2) is 12.0. The quantitative estimate of drug-likeness (QED) is 0.180. The summed E-state index contributed by atoms with van der Waals surface area (Å²) in [6.07, 6.45) is 7.26. The molecule has 1 fully saturated rings. The number of aromatic nitrogens is 5. The van der Waals surface area contributed by atoms with Crippen molar-refractivity contribution in [2.45, 2.75) is 51.2 Å². The van der Waals surface area contributed by atoms with Crippen molar-refractivity contribution in [3.05, 3.63) is 102 Å². The lowest BCUT2D eigenvalue weighted by atomic mass is 9.91. The van der Waals surface area contributed by atoms with Crippen LogP contribution in [-0.2, 0) is 11.3 Å². The fraction of sp³-hybridized carbons (Fsp3) is 0.257. The minimum atomic E-state index is -0.308. The summed E-state index contributed by atoms with van der Waals surface area (Å²) in [6, 6.07) is 23.0. The van der Waals surface area contributed by atoms with Gasteiger partial charge < -0.3 is 20.4 Å². The highest BCUT2D eigenvalue weighted by atomic mass is 19.1. The van der Waals surface area contributed by atoms with E-state index in [0.717, 1.165) is 64.6 Å². The number of carbonyl (C=O) groups excluding carboxylic acids is 1. The van der Waals surface area contributed by atoms with Crippen molar-refractivity contribution in [2.75, 3.05) is 17.7 Å². The Morgan fingerprint density at radius 1 is 1.02 bits per heavy atom. The minimum Gasteiger partial charge on any atom is -0.462 e. The van der Waals surface area contributed by atoms with Crippen LogP contribution in [-0.4, -0.2) is 42.9 Å². The van der Waals surface area contributed by atoms with Gasteiger partial charge in [0.25, 0.3) is 0 Å². The molecular formula is C35H34FN7O2. The molecule has 0 amide bonds. The van der Waals surface area contributed by atoms with Gasteiger partial charge in [0.05, 0.1) is 30.1 Å². The number of rotatable bonds is 8. The lowest BCUT2D eigenvalue weighted by Gasteiger charge is -2.30. The first-order valence-electron chi connectivity index (χ1n) is 15.3.